The van der Waals surface area contributed by atoms with Crippen LogP contribution in [0.15, 0.2) is 52.4 Å². The molecule has 2 N–H and O–H groups in total. The minimum atomic E-state index is -0.219. The Bertz CT molecular complexity index is 1450. The van der Waals surface area contributed by atoms with Crippen LogP contribution in [-0.4, -0.2) is 29.8 Å². The molecule has 0 radical (unpaired) electrons. The summed E-state index contributed by atoms with van der Waals surface area (Å²) in [5, 5.41) is 22.4. The number of hydrogen-bond acceptors (Lipinski definition) is 5. The molecule has 0 bridgehead atoms. The molecule has 0 aliphatic heterocycles. The van der Waals surface area contributed by atoms with E-state index in [1.807, 2.05) is 30.3 Å². The molecule has 0 aromatic heterocycles. The van der Waals surface area contributed by atoms with Gasteiger partial charge in [-0.1, -0.05) is 81.4 Å². The lowest BCUT2D eigenvalue weighted by atomic mass is 9.83. The summed E-state index contributed by atoms with van der Waals surface area (Å²) >= 11 is 0. The monoisotopic (exact) mass is 570 g/mol. The van der Waals surface area contributed by atoms with Gasteiger partial charge in [-0.15, -0.1) is 0 Å². The highest BCUT2D eigenvalue weighted by Crippen LogP contribution is 2.38. The SMILES string of the molecule is COc1ccc(N=Cc2cc(CC(C)C)cc(C(C)(C)C)c2O)c(N=Cc2cc(CC(C)C)cc(C(C)(C)C)c2O)c1. The molecule has 0 saturated carbocycles. The second kappa shape index (κ2) is 13.1. The highest BCUT2D eigenvalue weighted by molar-refractivity contribution is 5.90. The maximum Gasteiger partial charge on any atom is 0.128 e. The molecule has 0 heterocycles. The van der Waals surface area contributed by atoms with E-state index in [0.717, 1.165) is 24.0 Å². The summed E-state index contributed by atoms with van der Waals surface area (Å²) in [4.78, 5) is 9.58. The Morgan fingerprint density at radius 3 is 1.48 bits per heavy atom. The molecule has 42 heavy (non-hydrogen) atoms. The molecular formula is C37H50N2O3. The number of aliphatic imine (C=N–C) groups is 2. The average molecular weight is 571 g/mol. The molecule has 0 saturated heterocycles. The van der Waals surface area contributed by atoms with Crippen molar-refractivity contribution in [2.24, 2.45) is 21.8 Å². The first-order chi connectivity index (χ1) is 19.5. The number of benzene rings is 3. The van der Waals surface area contributed by atoms with E-state index in [-0.39, 0.29) is 22.3 Å². The quantitative estimate of drug-likeness (QED) is 0.252. The van der Waals surface area contributed by atoms with E-state index in [1.54, 1.807) is 19.5 Å². The van der Waals surface area contributed by atoms with Gasteiger partial charge in [0.15, 0.2) is 0 Å². The van der Waals surface area contributed by atoms with Gasteiger partial charge in [0.25, 0.3) is 0 Å². The van der Waals surface area contributed by atoms with Gasteiger partial charge in [-0.25, -0.2) is 0 Å². The number of methoxy groups -OCH3 is 1. The maximum absolute atomic E-state index is 11.2. The molecule has 3 rings (SSSR count). The molecule has 0 fully saturated rings. The summed E-state index contributed by atoms with van der Waals surface area (Å²) < 4.78 is 5.48. The van der Waals surface area contributed by atoms with Crippen LogP contribution < -0.4 is 4.74 Å². The van der Waals surface area contributed by atoms with Gasteiger partial charge >= 0.3 is 0 Å². The number of hydrogen-bond donors (Lipinski definition) is 2. The number of rotatable bonds is 9. The van der Waals surface area contributed by atoms with E-state index in [0.29, 0.717) is 40.1 Å². The smallest absolute Gasteiger partial charge is 0.128 e. The Morgan fingerprint density at radius 1 is 0.667 bits per heavy atom. The zero-order valence-corrected chi connectivity index (χ0v) is 27.5. The Balaban J connectivity index is 2.11. The molecule has 0 amide bonds. The lowest BCUT2D eigenvalue weighted by molar-refractivity contribution is 0.415. The van der Waals surface area contributed by atoms with Crippen molar-refractivity contribution in [2.45, 2.75) is 92.9 Å². The van der Waals surface area contributed by atoms with Crippen LogP contribution in [0.3, 0.4) is 0 Å². The maximum atomic E-state index is 11.2. The second-order valence-corrected chi connectivity index (χ2v) is 14.2. The third-order valence-corrected chi connectivity index (χ3v) is 7.17. The summed E-state index contributed by atoms with van der Waals surface area (Å²) in [6.45, 7) is 21.4. The fourth-order valence-electron chi connectivity index (χ4n) is 5.08. The van der Waals surface area contributed by atoms with Crippen LogP contribution in [-0.2, 0) is 23.7 Å². The van der Waals surface area contributed by atoms with E-state index in [9.17, 15) is 10.2 Å². The highest BCUT2D eigenvalue weighted by Gasteiger charge is 2.22. The predicted octanol–water partition coefficient (Wildman–Crippen LogP) is 9.60. The lowest BCUT2D eigenvalue weighted by Crippen LogP contribution is -2.13. The summed E-state index contributed by atoms with van der Waals surface area (Å²) in [5.41, 5.74) is 6.30. The number of nitrogens with zero attached hydrogens (tertiary/aromatic N) is 2. The average Bonchev–Trinajstić information content (AvgIpc) is 2.87. The van der Waals surface area contributed by atoms with Crippen molar-refractivity contribution in [2.75, 3.05) is 7.11 Å². The zero-order chi connectivity index (χ0) is 31.4. The molecule has 0 aliphatic rings. The molecule has 5 heteroatoms. The minimum absolute atomic E-state index is 0.215. The number of ether oxygens (including phenoxy) is 1. The molecule has 0 unspecified atom stereocenters. The van der Waals surface area contributed by atoms with Gasteiger partial charge in [0.05, 0.1) is 18.5 Å². The largest absolute Gasteiger partial charge is 0.507 e. The second-order valence-electron chi connectivity index (χ2n) is 14.2. The van der Waals surface area contributed by atoms with Crippen LogP contribution >= 0.6 is 0 Å². The van der Waals surface area contributed by atoms with Crippen molar-refractivity contribution >= 4 is 23.8 Å². The van der Waals surface area contributed by atoms with Crippen molar-refractivity contribution < 1.29 is 14.9 Å². The molecule has 3 aromatic carbocycles. The van der Waals surface area contributed by atoms with Gasteiger partial charge in [0.2, 0.25) is 0 Å². The summed E-state index contributed by atoms with van der Waals surface area (Å²) in [6.07, 6.45) is 5.25. The summed E-state index contributed by atoms with van der Waals surface area (Å²) in [6, 6.07) is 13.8. The molecule has 0 atom stereocenters. The minimum Gasteiger partial charge on any atom is -0.507 e. The van der Waals surface area contributed by atoms with Crippen LogP contribution in [0, 0.1) is 11.8 Å². The topological polar surface area (TPSA) is 74.4 Å². The van der Waals surface area contributed by atoms with E-state index in [2.05, 4.69) is 81.4 Å². The summed E-state index contributed by atoms with van der Waals surface area (Å²) in [7, 11) is 1.62. The fraction of sp³-hybridized carbons (Fsp3) is 0.459. The Kier molecular flexibility index (Phi) is 10.3. The van der Waals surface area contributed by atoms with Crippen LogP contribution in [0.25, 0.3) is 0 Å². The van der Waals surface area contributed by atoms with E-state index in [1.165, 1.54) is 11.1 Å². The third-order valence-electron chi connectivity index (χ3n) is 7.17. The van der Waals surface area contributed by atoms with E-state index < -0.39 is 0 Å². The van der Waals surface area contributed by atoms with Crippen LogP contribution in [0.1, 0.15) is 103 Å². The highest BCUT2D eigenvalue weighted by atomic mass is 16.5. The van der Waals surface area contributed by atoms with Crippen molar-refractivity contribution in [3.63, 3.8) is 0 Å². The Morgan fingerprint density at radius 2 is 1.10 bits per heavy atom. The standard InChI is InChI=1S/C37H50N2O3/c1-23(2)14-25-16-27(34(40)30(18-25)36(5,6)7)21-38-32-13-12-29(42-11)20-33(32)39-22-28-17-26(15-24(3)4)19-31(35(28)41)37(8,9)10/h12-13,16-24,40-41H,14-15H2,1-11H3. The predicted molar refractivity (Wildman–Crippen MR) is 178 cm³/mol. The van der Waals surface area contributed by atoms with Crippen LogP contribution in [0.4, 0.5) is 11.4 Å². The van der Waals surface area contributed by atoms with Crippen LogP contribution in [0.2, 0.25) is 0 Å². The van der Waals surface area contributed by atoms with Gasteiger partial charge in [-0.2, -0.15) is 0 Å². The first-order valence-electron chi connectivity index (χ1n) is 15.0. The van der Waals surface area contributed by atoms with Gasteiger partial charge in [-0.3, -0.25) is 9.98 Å². The van der Waals surface area contributed by atoms with Crippen molar-refractivity contribution in [3.05, 3.63) is 75.8 Å². The molecule has 0 aliphatic carbocycles. The molecular weight excluding hydrogens is 520 g/mol. The molecule has 0 spiro atoms. The summed E-state index contributed by atoms with van der Waals surface area (Å²) in [5.74, 6) is 2.13. The number of phenolic OH excluding ortho intramolecular Hbond substituents is 2. The van der Waals surface area contributed by atoms with Crippen molar-refractivity contribution in [1.29, 1.82) is 0 Å². The first kappa shape index (κ1) is 32.9. The van der Waals surface area contributed by atoms with Crippen molar-refractivity contribution in [3.8, 4) is 17.2 Å². The van der Waals surface area contributed by atoms with E-state index >= 15 is 0 Å². The van der Waals surface area contributed by atoms with Gasteiger partial charge in [-0.05, 0) is 70.9 Å². The first-order valence-corrected chi connectivity index (χ1v) is 15.0. The number of phenols is 2. The molecule has 226 valence electrons. The van der Waals surface area contributed by atoms with Crippen LogP contribution in [0.5, 0.6) is 17.2 Å². The van der Waals surface area contributed by atoms with Gasteiger partial charge < -0.3 is 14.9 Å². The number of aromatic hydroxyl groups is 2. The van der Waals surface area contributed by atoms with E-state index in [4.69, 9.17) is 14.7 Å². The molecule has 3 aromatic rings. The fourth-order valence-corrected chi connectivity index (χ4v) is 5.08. The molecule has 5 nitrogen and oxygen atoms in total. The lowest BCUT2D eigenvalue weighted by Gasteiger charge is -2.23. The Labute approximate surface area is 253 Å². The van der Waals surface area contributed by atoms with Gasteiger partial charge in [0, 0.05) is 40.7 Å². The van der Waals surface area contributed by atoms with Gasteiger partial charge in [0.1, 0.15) is 17.2 Å². The third kappa shape index (κ3) is 8.47. The zero-order valence-electron chi connectivity index (χ0n) is 27.5. The van der Waals surface area contributed by atoms with Crippen molar-refractivity contribution in [1.82, 2.24) is 0 Å². The normalized spacial score (nSPS) is 12.8. The Hall–Kier alpha value is -3.60.